The van der Waals surface area contributed by atoms with Crippen molar-refractivity contribution in [3.8, 4) is 5.75 Å². The highest BCUT2D eigenvalue weighted by molar-refractivity contribution is 5.88. The van der Waals surface area contributed by atoms with Crippen molar-refractivity contribution >= 4 is 16.7 Å². The number of ether oxygens (including phenoxy) is 2. The number of cyclic esters (lactones) is 1. The molecule has 1 aliphatic heterocycles. The summed E-state index contributed by atoms with van der Waals surface area (Å²) in [6.45, 7) is 0. The van der Waals surface area contributed by atoms with Gasteiger partial charge in [0.2, 0.25) is 0 Å². The van der Waals surface area contributed by atoms with Crippen molar-refractivity contribution in [1.29, 1.82) is 0 Å². The molecule has 0 spiro atoms. The summed E-state index contributed by atoms with van der Waals surface area (Å²) < 4.78 is 10.7. The van der Waals surface area contributed by atoms with Crippen LogP contribution in [0.5, 0.6) is 5.75 Å². The Labute approximate surface area is 145 Å². The third-order valence-corrected chi connectivity index (χ3v) is 4.44. The number of carbonyl (C=O) groups excluding carboxylic acids is 1. The molecule has 4 nitrogen and oxygen atoms in total. The molecule has 25 heavy (non-hydrogen) atoms. The third-order valence-electron chi connectivity index (χ3n) is 4.44. The Morgan fingerprint density at radius 3 is 2.68 bits per heavy atom. The largest absolute Gasteiger partial charge is 0.497 e. The average Bonchev–Trinajstić information content (AvgIpc) is 3.02. The number of esters is 1. The van der Waals surface area contributed by atoms with Gasteiger partial charge in [-0.25, -0.2) is 4.79 Å². The number of benzene rings is 2. The van der Waals surface area contributed by atoms with Gasteiger partial charge in [0.25, 0.3) is 0 Å². The second-order valence-corrected chi connectivity index (χ2v) is 6.01. The molecule has 0 N–H and O–H groups in total. The Bertz CT molecular complexity index is 955. The second kappa shape index (κ2) is 6.40. The molecule has 0 bridgehead atoms. The summed E-state index contributed by atoms with van der Waals surface area (Å²) in [6.07, 6.45) is 5.56. The number of carbonyl (C=O) groups is 1. The molecule has 1 aliphatic rings. The molecule has 0 radical (unpaired) electrons. The lowest BCUT2D eigenvalue weighted by atomic mass is 9.95. The molecule has 4 rings (SSSR count). The Balaban J connectivity index is 1.67. The summed E-state index contributed by atoms with van der Waals surface area (Å²) in [5, 5.41) is 2.23. The Morgan fingerprint density at radius 2 is 1.88 bits per heavy atom. The molecule has 0 amide bonds. The summed E-state index contributed by atoms with van der Waals surface area (Å²) in [7, 11) is 1.63. The summed E-state index contributed by atoms with van der Waals surface area (Å²) >= 11 is 0. The van der Waals surface area contributed by atoms with Gasteiger partial charge in [-0.1, -0.05) is 36.4 Å². The van der Waals surface area contributed by atoms with Gasteiger partial charge >= 0.3 is 5.97 Å². The Morgan fingerprint density at radius 1 is 1.08 bits per heavy atom. The number of hydrogen-bond acceptors (Lipinski definition) is 4. The molecule has 2 heterocycles. The van der Waals surface area contributed by atoms with E-state index >= 15 is 0 Å². The number of aromatic nitrogens is 1. The highest BCUT2D eigenvalue weighted by atomic mass is 16.5. The summed E-state index contributed by atoms with van der Waals surface area (Å²) in [6, 6.07) is 15.7. The maximum absolute atomic E-state index is 11.9. The van der Waals surface area contributed by atoms with Crippen molar-refractivity contribution in [1.82, 2.24) is 4.98 Å². The molecule has 3 aromatic rings. The first-order valence-electron chi connectivity index (χ1n) is 8.11. The minimum atomic E-state index is -0.364. The molecule has 2 aromatic carbocycles. The summed E-state index contributed by atoms with van der Waals surface area (Å²) in [5.41, 5.74) is 2.96. The fraction of sp³-hybridized carbons (Fsp3) is 0.143. The summed E-state index contributed by atoms with van der Waals surface area (Å²) in [4.78, 5) is 16.2. The van der Waals surface area contributed by atoms with E-state index in [4.69, 9.17) is 9.47 Å². The Hall–Kier alpha value is -3.14. The fourth-order valence-corrected chi connectivity index (χ4v) is 3.20. The van der Waals surface area contributed by atoms with Gasteiger partial charge in [0, 0.05) is 30.3 Å². The second-order valence-electron chi connectivity index (χ2n) is 6.01. The lowest BCUT2D eigenvalue weighted by Crippen LogP contribution is -2.05. The maximum Gasteiger partial charge on any atom is 0.331 e. The van der Waals surface area contributed by atoms with Crippen molar-refractivity contribution in [2.75, 3.05) is 7.11 Å². The van der Waals surface area contributed by atoms with Crippen molar-refractivity contribution < 1.29 is 14.3 Å². The zero-order valence-corrected chi connectivity index (χ0v) is 13.8. The molecule has 0 aliphatic carbocycles. The van der Waals surface area contributed by atoms with Crippen LogP contribution in [0.1, 0.15) is 17.2 Å². The van der Waals surface area contributed by atoms with Gasteiger partial charge in [-0.05, 0) is 34.2 Å². The number of nitrogens with zero attached hydrogens (tertiary/aromatic N) is 1. The normalized spacial score (nSPS) is 16.6. The molecule has 4 heteroatoms. The SMILES string of the molecule is COc1ccc(C2OC(=O)C=C2Cc2cncc3ccccc23)cc1. The standard InChI is InChI=1S/C21H17NO3/c1-24-18-8-6-14(7-9-18)21-16(11-20(23)25-21)10-17-13-22-12-15-4-2-3-5-19(15)17/h2-9,11-13,21H,10H2,1H3. The predicted molar refractivity (Wildman–Crippen MR) is 95.4 cm³/mol. The molecule has 1 unspecified atom stereocenters. The molecule has 0 saturated heterocycles. The quantitative estimate of drug-likeness (QED) is 0.678. The lowest BCUT2D eigenvalue weighted by Gasteiger charge is -2.16. The van der Waals surface area contributed by atoms with E-state index in [2.05, 4.69) is 11.1 Å². The lowest BCUT2D eigenvalue weighted by molar-refractivity contribution is -0.139. The number of methoxy groups -OCH3 is 1. The van der Waals surface area contributed by atoms with Gasteiger partial charge in [0.05, 0.1) is 7.11 Å². The van der Waals surface area contributed by atoms with Crippen molar-refractivity contribution in [3.63, 3.8) is 0 Å². The molecule has 124 valence electrons. The third kappa shape index (κ3) is 2.98. The van der Waals surface area contributed by atoms with E-state index in [9.17, 15) is 4.79 Å². The van der Waals surface area contributed by atoms with Gasteiger partial charge in [-0.15, -0.1) is 0 Å². The fourth-order valence-electron chi connectivity index (χ4n) is 3.20. The highest BCUT2D eigenvalue weighted by Gasteiger charge is 2.28. The molecule has 0 saturated carbocycles. The highest BCUT2D eigenvalue weighted by Crippen LogP contribution is 2.35. The zero-order chi connectivity index (χ0) is 17.2. The van der Waals surface area contributed by atoms with Crippen molar-refractivity contribution in [3.05, 3.63) is 83.7 Å². The van der Waals surface area contributed by atoms with E-state index in [1.165, 1.54) is 0 Å². The van der Waals surface area contributed by atoms with Gasteiger partial charge in [0.15, 0.2) is 0 Å². The van der Waals surface area contributed by atoms with Crippen LogP contribution in [-0.2, 0) is 16.0 Å². The van der Waals surface area contributed by atoms with Gasteiger partial charge in [-0.2, -0.15) is 0 Å². The minimum absolute atomic E-state index is 0.302. The number of fused-ring (bicyclic) bond motifs is 1. The predicted octanol–water partition coefficient (Wildman–Crippen LogP) is 4.01. The molecule has 1 atom stereocenters. The van der Waals surface area contributed by atoms with E-state index in [0.29, 0.717) is 6.42 Å². The first-order valence-corrected chi connectivity index (χ1v) is 8.11. The van der Waals surface area contributed by atoms with Crippen LogP contribution >= 0.6 is 0 Å². The van der Waals surface area contributed by atoms with Crippen LogP contribution in [0, 0.1) is 0 Å². The van der Waals surface area contributed by atoms with E-state index in [1.54, 1.807) is 13.2 Å². The number of rotatable bonds is 4. The van der Waals surface area contributed by atoms with Gasteiger partial charge < -0.3 is 9.47 Å². The van der Waals surface area contributed by atoms with Crippen LogP contribution in [0.15, 0.2) is 72.6 Å². The molecule has 0 fully saturated rings. The van der Waals surface area contributed by atoms with E-state index in [1.807, 2.05) is 54.9 Å². The monoisotopic (exact) mass is 331 g/mol. The molecular formula is C21H17NO3. The maximum atomic E-state index is 11.9. The van der Waals surface area contributed by atoms with Crippen LogP contribution in [0.2, 0.25) is 0 Å². The van der Waals surface area contributed by atoms with Crippen molar-refractivity contribution in [2.45, 2.75) is 12.5 Å². The van der Waals surface area contributed by atoms with Crippen LogP contribution in [0.4, 0.5) is 0 Å². The smallest absolute Gasteiger partial charge is 0.331 e. The summed E-state index contributed by atoms with van der Waals surface area (Å²) in [5.74, 6) is 0.473. The molecule has 1 aromatic heterocycles. The number of pyridine rings is 1. The zero-order valence-electron chi connectivity index (χ0n) is 13.8. The topological polar surface area (TPSA) is 48.4 Å². The minimum Gasteiger partial charge on any atom is -0.497 e. The van der Waals surface area contributed by atoms with E-state index in [0.717, 1.165) is 33.2 Å². The van der Waals surface area contributed by atoms with Crippen molar-refractivity contribution in [2.24, 2.45) is 0 Å². The van der Waals surface area contributed by atoms with E-state index < -0.39 is 0 Å². The van der Waals surface area contributed by atoms with Crippen LogP contribution in [0.25, 0.3) is 10.8 Å². The average molecular weight is 331 g/mol. The van der Waals surface area contributed by atoms with Crippen LogP contribution in [-0.4, -0.2) is 18.1 Å². The Kier molecular flexibility index (Phi) is 3.94. The van der Waals surface area contributed by atoms with Crippen LogP contribution in [0.3, 0.4) is 0 Å². The van der Waals surface area contributed by atoms with E-state index in [-0.39, 0.29) is 12.1 Å². The first-order chi connectivity index (χ1) is 12.2. The number of hydrogen-bond donors (Lipinski definition) is 0. The molecular weight excluding hydrogens is 314 g/mol. The first kappa shape index (κ1) is 15.4. The van der Waals surface area contributed by atoms with Crippen LogP contribution < -0.4 is 4.74 Å². The van der Waals surface area contributed by atoms with Gasteiger partial charge in [-0.3, -0.25) is 4.98 Å². The van der Waals surface area contributed by atoms with Gasteiger partial charge in [0.1, 0.15) is 11.9 Å².